The third-order valence-corrected chi connectivity index (χ3v) is 10.7. The van der Waals surface area contributed by atoms with Crippen molar-refractivity contribution in [3.63, 3.8) is 0 Å². The zero-order chi connectivity index (χ0) is 32.4. The number of anilines is 1. The summed E-state index contributed by atoms with van der Waals surface area (Å²) in [6.07, 6.45) is 7.46. The van der Waals surface area contributed by atoms with Crippen LogP contribution in [0.25, 0.3) is 0 Å². The van der Waals surface area contributed by atoms with Crippen molar-refractivity contribution in [2.24, 2.45) is 0 Å². The Morgan fingerprint density at radius 2 is 1.58 bits per heavy atom. The van der Waals surface area contributed by atoms with E-state index in [1.807, 2.05) is 51.3 Å². The molecule has 4 rings (SSSR count). The predicted molar refractivity (Wildman–Crippen MR) is 181 cm³/mol. The molecule has 0 heterocycles. The van der Waals surface area contributed by atoms with Crippen LogP contribution in [0.5, 0.6) is 5.75 Å². The average molecular weight is 652 g/mol. The minimum Gasteiger partial charge on any atom is -0.494 e. The lowest BCUT2D eigenvalue weighted by molar-refractivity contribution is -0.140. The predicted octanol–water partition coefficient (Wildman–Crippen LogP) is 6.57. The van der Waals surface area contributed by atoms with Gasteiger partial charge in [0, 0.05) is 17.5 Å². The van der Waals surface area contributed by atoms with Gasteiger partial charge in [0.25, 0.3) is 10.0 Å². The van der Waals surface area contributed by atoms with Crippen molar-refractivity contribution in [3.8, 4) is 5.75 Å². The van der Waals surface area contributed by atoms with E-state index in [0.29, 0.717) is 24.5 Å². The first-order chi connectivity index (χ1) is 21.7. The molecular formula is C35H45N3O5S2. The van der Waals surface area contributed by atoms with Gasteiger partial charge in [0.05, 0.1) is 17.2 Å². The van der Waals surface area contributed by atoms with E-state index in [-0.39, 0.29) is 23.4 Å². The van der Waals surface area contributed by atoms with Crippen LogP contribution in [-0.4, -0.2) is 56.6 Å². The van der Waals surface area contributed by atoms with E-state index >= 15 is 0 Å². The quantitative estimate of drug-likeness (QED) is 0.198. The molecule has 45 heavy (non-hydrogen) atoms. The van der Waals surface area contributed by atoms with Crippen molar-refractivity contribution in [1.29, 1.82) is 0 Å². The Kier molecular flexibility index (Phi) is 12.4. The molecular weight excluding hydrogens is 607 g/mol. The Labute approximate surface area is 272 Å². The molecule has 0 saturated heterocycles. The number of hydrogen-bond acceptors (Lipinski definition) is 6. The number of nitrogens with zero attached hydrogens (tertiary/aromatic N) is 2. The Hall–Kier alpha value is -3.50. The lowest BCUT2D eigenvalue weighted by Crippen LogP contribution is -2.54. The second kappa shape index (κ2) is 16.2. The van der Waals surface area contributed by atoms with Crippen LogP contribution in [0.4, 0.5) is 5.69 Å². The highest BCUT2D eigenvalue weighted by Crippen LogP contribution is 2.28. The summed E-state index contributed by atoms with van der Waals surface area (Å²) in [4.78, 5) is 30.6. The van der Waals surface area contributed by atoms with Crippen molar-refractivity contribution in [2.75, 3.05) is 23.7 Å². The van der Waals surface area contributed by atoms with Crippen LogP contribution in [-0.2, 0) is 26.2 Å². The molecule has 2 amide bonds. The summed E-state index contributed by atoms with van der Waals surface area (Å²) in [5.41, 5.74) is 2.27. The summed E-state index contributed by atoms with van der Waals surface area (Å²) in [6.45, 7) is 5.92. The van der Waals surface area contributed by atoms with Crippen LogP contribution in [0.1, 0.15) is 63.5 Å². The summed E-state index contributed by atoms with van der Waals surface area (Å²) in [5.74, 6) is -0.0620. The lowest BCUT2D eigenvalue weighted by Gasteiger charge is -2.34. The van der Waals surface area contributed by atoms with Crippen LogP contribution in [0, 0.1) is 6.92 Å². The normalized spacial score (nSPS) is 14.4. The van der Waals surface area contributed by atoms with E-state index in [2.05, 4.69) is 5.32 Å². The van der Waals surface area contributed by atoms with Gasteiger partial charge in [-0.15, -0.1) is 11.8 Å². The number of ether oxygens (including phenoxy) is 1. The Bertz CT molecular complexity index is 1500. The van der Waals surface area contributed by atoms with Crippen molar-refractivity contribution >= 4 is 39.3 Å². The Morgan fingerprint density at radius 3 is 2.16 bits per heavy atom. The smallest absolute Gasteiger partial charge is 0.264 e. The number of carbonyl (C=O) groups is 2. The molecule has 0 aliphatic heterocycles. The number of amides is 2. The highest BCUT2D eigenvalue weighted by Gasteiger charge is 2.34. The number of aryl methyl sites for hydroxylation is 1. The number of benzene rings is 3. The molecule has 1 aliphatic rings. The van der Waals surface area contributed by atoms with Gasteiger partial charge in [0.15, 0.2) is 0 Å². The maximum Gasteiger partial charge on any atom is 0.264 e. The van der Waals surface area contributed by atoms with Gasteiger partial charge in [0.1, 0.15) is 18.3 Å². The molecule has 0 aromatic heterocycles. The summed E-state index contributed by atoms with van der Waals surface area (Å²) >= 11 is 1.52. The molecule has 1 N–H and O–H groups in total. The minimum atomic E-state index is -4.15. The molecule has 3 aromatic carbocycles. The zero-order valence-corrected chi connectivity index (χ0v) is 28.3. The van der Waals surface area contributed by atoms with Gasteiger partial charge >= 0.3 is 0 Å². The molecule has 0 unspecified atom stereocenters. The first-order valence-electron chi connectivity index (χ1n) is 15.7. The van der Waals surface area contributed by atoms with Crippen LogP contribution in [0.3, 0.4) is 0 Å². The summed E-state index contributed by atoms with van der Waals surface area (Å²) in [6, 6.07) is 20.4. The number of hydrogen-bond donors (Lipinski definition) is 1. The fraction of sp³-hybridized carbons (Fsp3) is 0.429. The molecule has 0 bridgehead atoms. The number of sulfonamides is 1. The molecule has 10 heteroatoms. The summed E-state index contributed by atoms with van der Waals surface area (Å²) in [7, 11) is -4.15. The molecule has 3 aromatic rings. The maximum atomic E-state index is 14.4. The third-order valence-electron chi connectivity index (χ3n) is 8.17. The van der Waals surface area contributed by atoms with Gasteiger partial charge in [-0.1, -0.05) is 56.0 Å². The number of nitrogens with one attached hydrogen (secondary N) is 1. The average Bonchev–Trinajstić information content (AvgIpc) is 3.05. The number of carbonyl (C=O) groups excluding carboxylic acids is 2. The van der Waals surface area contributed by atoms with Gasteiger partial charge < -0.3 is 15.0 Å². The molecule has 1 saturated carbocycles. The highest BCUT2D eigenvalue weighted by molar-refractivity contribution is 7.98. The number of rotatable bonds is 14. The molecule has 1 fully saturated rings. The largest absolute Gasteiger partial charge is 0.494 e. The van der Waals surface area contributed by atoms with Gasteiger partial charge in [-0.25, -0.2) is 8.42 Å². The number of thioether (sulfide) groups is 1. The molecule has 0 radical (unpaired) electrons. The van der Waals surface area contributed by atoms with E-state index < -0.39 is 28.5 Å². The minimum absolute atomic E-state index is 0.0779. The molecule has 242 valence electrons. The van der Waals surface area contributed by atoms with E-state index in [1.54, 1.807) is 48.5 Å². The SMILES string of the molecule is CCOc1ccc(N(CC(=O)N(Cc2ccc(C)cc2)[C@H](CC)C(=O)NC2CCCCC2)S(=O)(=O)c2ccc(SC)cc2)cc1. The Balaban J connectivity index is 1.70. The monoisotopic (exact) mass is 651 g/mol. The van der Waals surface area contributed by atoms with Crippen molar-refractivity contribution in [2.45, 2.75) is 87.7 Å². The third kappa shape index (κ3) is 9.04. The maximum absolute atomic E-state index is 14.4. The van der Waals surface area contributed by atoms with Gasteiger partial charge in [-0.2, -0.15) is 0 Å². The topological polar surface area (TPSA) is 96.0 Å². The fourth-order valence-electron chi connectivity index (χ4n) is 5.63. The first-order valence-corrected chi connectivity index (χ1v) is 18.4. The van der Waals surface area contributed by atoms with Gasteiger partial charge in [-0.3, -0.25) is 13.9 Å². The van der Waals surface area contributed by atoms with Crippen LogP contribution < -0.4 is 14.4 Å². The second-order valence-electron chi connectivity index (χ2n) is 11.4. The zero-order valence-electron chi connectivity index (χ0n) is 26.7. The molecule has 0 spiro atoms. The van der Waals surface area contributed by atoms with Gasteiger partial charge in [0.2, 0.25) is 11.8 Å². The van der Waals surface area contributed by atoms with E-state index in [9.17, 15) is 18.0 Å². The van der Waals surface area contributed by atoms with Crippen LogP contribution in [0.15, 0.2) is 82.6 Å². The molecule has 8 nitrogen and oxygen atoms in total. The van der Waals surface area contributed by atoms with Crippen molar-refractivity contribution in [3.05, 3.63) is 83.9 Å². The standard InChI is InChI=1S/C35H45N3O5S2/c1-5-33(35(40)36-28-10-8-7-9-11-28)37(24-27-14-12-26(3)13-15-27)34(39)25-38(29-16-18-30(19-17-29)43-6-2)45(41,42)32-22-20-31(44-4)21-23-32/h12-23,28,33H,5-11,24-25H2,1-4H3,(H,36,40)/t33-/m1/s1. The molecule has 1 atom stereocenters. The Morgan fingerprint density at radius 1 is 0.933 bits per heavy atom. The van der Waals surface area contributed by atoms with E-state index in [4.69, 9.17) is 4.74 Å². The first kappa shape index (κ1) is 34.4. The van der Waals surface area contributed by atoms with Gasteiger partial charge in [-0.05, 0) is 93.5 Å². The van der Waals surface area contributed by atoms with E-state index in [0.717, 1.165) is 52.4 Å². The summed E-state index contributed by atoms with van der Waals surface area (Å²) in [5, 5.41) is 3.19. The molecule has 1 aliphatic carbocycles. The highest BCUT2D eigenvalue weighted by atomic mass is 32.2. The lowest BCUT2D eigenvalue weighted by atomic mass is 9.95. The van der Waals surface area contributed by atoms with E-state index in [1.165, 1.54) is 16.7 Å². The van der Waals surface area contributed by atoms with Crippen LogP contribution in [0.2, 0.25) is 0 Å². The second-order valence-corrected chi connectivity index (χ2v) is 14.1. The van der Waals surface area contributed by atoms with Crippen molar-refractivity contribution in [1.82, 2.24) is 10.2 Å². The van der Waals surface area contributed by atoms with Crippen molar-refractivity contribution < 1.29 is 22.7 Å². The van der Waals surface area contributed by atoms with Crippen LogP contribution >= 0.6 is 11.8 Å². The summed E-state index contributed by atoms with van der Waals surface area (Å²) < 4.78 is 35.0. The fourth-order valence-corrected chi connectivity index (χ4v) is 7.46.